The maximum Gasteiger partial charge on any atom is 0.172 e. The zero-order valence-corrected chi connectivity index (χ0v) is 7.94. The van der Waals surface area contributed by atoms with Crippen molar-refractivity contribution in [2.75, 3.05) is 0 Å². The zero-order valence-electron chi connectivity index (χ0n) is 7.94. The lowest BCUT2D eigenvalue weighted by atomic mass is 10.2. The van der Waals surface area contributed by atoms with E-state index in [1.54, 1.807) is 10.7 Å². The molecule has 2 aromatic heterocycles. The van der Waals surface area contributed by atoms with Crippen molar-refractivity contribution >= 4 is 5.65 Å². The van der Waals surface area contributed by atoms with Crippen molar-refractivity contribution in [2.24, 2.45) is 0 Å². The number of nitrogens with zero attached hydrogens (tertiary/aromatic N) is 4. The molecule has 0 unspecified atom stereocenters. The van der Waals surface area contributed by atoms with Crippen LogP contribution in [0.3, 0.4) is 0 Å². The largest absolute Gasteiger partial charge is 0.236 e. The van der Waals surface area contributed by atoms with E-state index in [0.717, 1.165) is 18.4 Å². The second-order valence-electron chi connectivity index (χ2n) is 3.15. The normalized spacial score (nSPS) is 10.3. The first-order chi connectivity index (χ1) is 6.85. The van der Waals surface area contributed by atoms with Gasteiger partial charge in [-0.1, -0.05) is 13.3 Å². The van der Waals surface area contributed by atoms with Gasteiger partial charge in [-0.2, -0.15) is 10.4 Å². The maximum atomic E-state index is 8.75. The molecule has 0 amide bonds. The van der Waals surface area contributed by atoms with Crippen molar-refractivity contribution in [1.29, 1.82) is 5.26 Å². The molecule has 0 saturated heterocycles. The molecule has 2 rings (SSSR count). The van der Waals surface area contributed by atoms with Gasteiger partial charge in [0.05, 0.1) is 6.20 Å². The summed E-state index contributed by atoms with van der Waals surface area (Å²) in [6.45, 7) is 2.12. The van der Waals surface area contributed by atoms with Crippen molar-refractivity contribution in [1.82, 2.24) is 14.6 Å². The highest BCUT2D eigenvalue weighted by molar-refractivity contribution is 5.53. The molecule has 0 atom stereocenters. The predicted octanol–water partition coefficient (Wildman–Crippen LogP) is 1.55. The molecular weight excluding hydrogens is 176 g/mol. The lowest BCUT2D eigenvalue weighted by Gasteiger charge is -1.98. The lowest BCUT2D eigenvalue weighted by Crippen LogP contribution is -1.94. The molecule has 0 bridgehead atoms. The molecule has 4 heteroatoms. The number of aryl methyl sites for hydroxylation is 1. The van der Waals surface area contributed by atoms with Crippen molar-refractivity contribution in [2.45, 2.75) is 19.8 Å². The van der Waals surface area contributed by atoms with Gasteiger partial charge in [0.2, 0.25) is 0 Å². The fourth-order valence-corrected chi connectivity index (χ4v) is 1.41. The topological polar surface area (TPSA) is 54.0 Å². The van der Waals surface area contributed by atoms with Gasteiger partial charge in [-0.05, 0) is 12.0 Å². The quantitative estimate of drug-likeness (QED) is 0.715. The van der Waals surface area contributed by atoms with E-state index in [9.17, 15) is 0 Å². The molecule has 0 aromatic carbocycles. The van der Waals surface area contributed by atoms with Crippen LogP contribution in [0.5, 0.6) is 0 Å². The highest BCUT2D eigenvalue weighted by Crippen LogP contribution is 2.08. The fraction of sp³-hybridized carbons (Fsp3) is 0.300. The number of nitriles is 1. The Morgan fingerprint density at radius 2 is 2.36 bits per heavy atom. The summed E-state index contributed by atoms with van der Waals surface area (Å²) in [5, 5.41) is 12.8. The second-order valence-corrected chi connectivity index (χ2v) is 3.15. The van der Waals surface area contributed by atoms with Gasteiger partial charge in [-0.3, -0.25) is 0 Å². The highest BCUT2D eigenvalue weighted by atomic mass is 15.2. The van der Waals surface area contributed by atoms with E-state index in [-0.39, 0.29) is 0 Å². The van der Waals surface area contributed by atoms with Crippen LogP contribution < -0.4 is 0 Å². The summed E-state index contributed by atoms with van der Waals surface area (Å²) >= 11 is 0. The number of rotatable bonds is 2. The molecule has 0 saturated carbocycles. The molecule has 0 spiro atoms. The maximum absolute atomic E-state index is 8.75. The third-order valence-electron chi connectivity index (χ3n) is 2.07. The average Bonchev–Trinajstić information content (AvgIpc) is 2.60. The summed E-state index contributed by atoms with van der Waals surface area (Å²) in [4.78, 5) is 4.21. The predicted molar refractivity (Wildman–Crippen MR) is 51.7 cm³/mol. The first-order valence-corrected chi connectivity index (χ1v) is 4.57. The minimum absolute atomic E-state index is 0.521. The first kappa shape index (κ1) is 8.70. The number of hydrogen-bond acceptors (Lipinski definition) is 3. The van der Waals surface area contributed by atoms with E-state index in [1.165, 1.54) is 6.20 Å². The Kier molecular flexibility index (Phi) is 2.15. The van der Waals surface area contributed by atoms with E-state index < -0.39 is 0 Å². The molecule has 2 heterocycles. The van der Waals surface area contributed by atoms with Crippen LogP contribution in [-0.4, -0.2) is 14.6 Å². The molecule has 0 N–H and O–H groups in total. The Balaban J connectivity index is 2.53. The van der Waals surface area contributed by atoms with Gasteiger partial charge in [-0.25, -0.2) is 9.50 Å². The Labute approximate surface area is 81.8 Å². The Hall–Kier alpha value is -1.89. The van der Waals surface area contributed by atoms with E-state index in [4.69, 9.17) is 5.26 Å². The Morgan fingerprint density at radius 3 is 3.07 bits per heavy atom. The summed E-state index contributed by atoms with van der Waals surface area (Å²) in [5.74, 6) is 0. The lowest BCUT2D eigenvalue weighted by molar-refractivity contribution is 0.864. The summed E-state index contributed by atoms with van der Waals surface area (Å²) < 4.78 is 1.66. The fourth-order valence-electron chi connectivity index (χ4n) is 1.41. The second kappa shape index (κ2) is 3.46. The van der Waals surface area contributed by atoms with Crippen molar-refractivity contribution in [3.05, 3.63) is 29.7 Å². The van der Waals surface area contributed by atoms with Gasteiger partial charge in [0.15, 0.2) is 5.65 Å². The van der Waals surface area contributed by atoms with Crippen LogP contribution in [0, 0.1) is 11.3 Å². The minimum Gasteiger partial charge on any atom is -0.236 e. The van der Waals surface area contributed by atoms with Gasteiger partial charge in [0, 0.05) is 12.4 Å². The van der Waals surface area contributed by atoms with Crippen molar-refractivity contribution in [3.8, 4) is 6.07 Å². The minimum atomic E-state index is 0.521. The molecule has 4 nitrogen and oxygen atoms in total. The van der Waals surface area contributed by atoms with Gasteiger partial charge in [0.1, 0.15) is 11.6 Å². The molecule has 70 valence electrons. The molecule has 0 aliphatic carbocycles. The van der Waals surface area contributed by atoms with Crippen LogP contribution in [0.15, 0.2) is 18.6 Å². The molecule has 0 radical (unpaired) electrons. The van der Waals surface area contributed by atoms with Gasteiger partial charge in [0.25, 0.3) is 0 Å². The smallest absolute Gasteiger partial charge is 0.172 e. The van der Waals surface area contributed by atoms with Crippen molar-refractivity contribution in [3.63, 3.8) is 0 Å². The number of fused-ring (bicyclic) bond motifs is 1. The standard InChI is InChI=1S/C10H10N4/c1-2-3-8-5-12-10-9(4-11)6-13-14(10)7-8/h5-7H,2-3H2,1H3. The third kappa shape index (κ3) is 1.33. The summed E-state index contributed by atoms with van der Waals surface area (Å²) in [6.07, 6.45) is 7.34. The third-order valence-corrected chi connectivity index (χ3v) is 2.07. The van der Waals surface area contributed by atoms with Gasteiger partial charge < -0.3 is 0 Å². The molecule has 0 aliphatic rings. The van der Waals surface area contributed by atoms with Crippen LogP contribution in [0.1, 0.15) is 24.5 Å². The van der Waals surface area contributed by atoms with Crippen LogP contribution in [0.4, 0.5) is 0 Å². The highest BCUT2D eigenvalue weighted by Gasteiger charge is 2.04. The molecule has 0 aliphatic heterocycles. The van der Waals surface area contributed by atoms with Crippen LogP contribution in [0.2, 0.25) is 0 Å². The number of aromatic nitrogens is 3. The van der Waals surface area contributed by atoms with E-state index in [0.29, 0.717) is 11.2 Å². The zero-order chi connectivity index (χ0) is 9.97. The van der Waals surface area contributed by atoms with Crippen molar-refractivity contribution < 1.29 is 0 Å². The van der Waals surface area contributed by atoms with Crippen LogP contribution >= 0.6 is 0 Å². The molecule has 0 fully saturated rings. The molecule has 2 aromatic rings. The molecular formula is C10H10N4. The van der Waals surface area contributed by atoms with E-state index in [2.05, 4.69) is 23.1 Å². The van der Waals surface area contributed by atoms with E-state index >= 15 is 0 Å². The van der Waals surface area contributed by atoms with E-state index in [1.807, 2.05) is 6.20 Å². The van der Waals surface area contributed by atoms with Crippen LogP contribution in [-0.2, 0) is 6.42 Å². The first-order valence-electron chi connectivity index (χ1n) is 4.57. The summed E-state index contributed by atoms with van der Waals surface area (Å²) in [7, 11) is 0. The monoisotopic (exact) mass is 186 g/mol. The van der Waals surface area contributed by atoms with Crippen LogP contribution in [0.25, 0.3) is 5.65 Å². The number of hydrogen-bond donors (Lipinski definition) is 0. The van der Waals surface area contributed by atoms with Gasteiger partial charge in [-0.15, -0.1) is 0 Å². The average molecular weight is 186 g/mol. The Bertz CT molecular complexity index is 492. The summed E-state index contributed by atoms with van der Waals surface area (Å²) in [6, 6.07) is 2.06. The molecule has 14 heavy (non-hydrogen) atoms. The summed E-state index contributed by atoms with van der Waals surface area (Å²) in [5.41, 5.74) is 2.30. The SMILES string of the molecule is CCCc1cnc2c(C#N)cnn2c1. The Morgan fingerprint density at radius 1 is 1.50 bits per heavy atom. The van der Waals surface area contributed by atoms with Gasteiger partial charge >= 0.3 is 0 Å².